The Morgan fingerprint density at radius 2 is 1.75 bits per heavy atom. The van der Waals surface area contributed by atoms with Gasteiger partial charge in [-0.15, -0.1) is 0 Å². The maximum Gasteiger partial charge on any atom is 0.127 e. The molecule has 2 aromatic rings. The molecule has 0 bridgehead atoms. The van der Waals surface area contributed by atoms with Gasteiger partial charge in [0.05, 0.1) is 0 Å². The Morgan fingerprint density at radius 3 is 2.45 bits per heavy atom. The lowest BCUT2D eigenvalue weighted by Crippen LogP contribution is -2.11. The molecule has 2 aromatic carbocycles. The molecule has 0 unspecified atom stereocenters. The average molecular weight is 265 g/mol. The molecule has 3 rings (SSSR count). The van der Waals surface area contributed by atoms with Crippen LogP contribution in [-0.2, 0) is 0 Å². The van der Waals surface area contributed by atoms with Crippen molar-refractivity contribution in [3.8, 4) is 5.75 Å². The molecule has 102 valence electrons. The van der Waals surface area contributed by atoms with Crippen molar-refractivity contribution in [1.29, 1.82) is 0 Å². The molecule has 20 heavy (non-hydrogen) atoms. The summed E-state index contributed by atoms with van der Waals surface area (Å²) in [6.07, 6.45) is 0. The van der Waals surface area contributed by atoms with Crippen LogP contribution >= 0.6 is 0 Å². The minimum absolute atomic E-state index is 0.666. The average Bonchev–Trinajstić information content (AvgIpc) is 2.48. The zero-order valence-electron chi connectivity index (χ0n) is 12.2. The molecule has 1 aliphatic heterocycles. The predicted molar refractivity (Wildman–Crippen MR) is 84.4 cm³/mol. The van der Waals surface area contributed by atoms with E-state index in [1.54, 1.807) is 0 Å². The van der Waals surface area contributed by atoms with Crippen molar-refractivity contribution in [3.05, 3.63) is 64.7 Å². The first-order valence-electron chi connectivity index (χ1n) is 6.91. The minimum Gasteiger partial charge on any atom is -0.489 e. The quantitative estimate of drug-likeness (QED) is 0.876. The van der Waals surface area contributed by atoms with Gasteiger partial charge in [-0.1, -0.05) is 24.3 Å². The van der Waals surface area contributed by atoms with Crippen LogP contribution in [0.15, 0.2) is 48.0 Å². The second-order valence-corrected chi connectivity index (χ2v) is 5.22. The lowest BCUT2D eigenvalue weighted by atomic mass is 9.89. The molecule has 0 saturated heterocycles. The van der Waals surface area contributed by atoms with Crippen molar-refractivity contribution in [2.24, 2.45) is 0 Å². The smallest absolute Gasteiger partial charge is 0.127 e. The molecule has 0 aliphatic carbocycles. The fraction of sp³-hybridized carbons (Fsp3) is 0.222. The molecule has 1 heterocycles. The van der Waals surface area contributed by atoms with Gasteiger partial charge in [-0.05, 0) is 54.3 Å². The molecule has 0 spiro atoms. The summed E-state index contributed by atoms with van der Waals surface area (Å²) >= 11 is 0. The van der Waals surface area contributed by atoms with E-state index >= 15 is 0 Å². The van der Waals surface area contributed by atoms with Crippen LogP contribution in [0.25, 0.3) is 5.57 Å². The standard InChI is InChI=1S/C18H19NO/c1-12-5-4-6-16-18(12)17(13(2)11-20-16)14-7-9-15(19-3)10-8-14/h4-10,19H,11H2,1-3H3. The van der Waals surface area contributed by atoms with Crippen LogP contribution < -0.4 is 10.1 Å². The van der Waals surface area contributed by atoms with Crippen LogP contribution in [-0.4, -0.2) is 13.7 Å². The van der Waals surface area contributed by atoms with E-state index in [9.17, 15) is 0 Å². The number of aryl methyl sites for hydroxylation is 1. The summed E-state index contributed by atoms with van der Waals surface area (Å²) in [6, 6.07) is 14.8. The van der Waals surface area contributed by atoms with E-state index in [0.29, 0.717) is 6.61 Å². The van der Waals surface area contributed by atoms with E-state index in [2.05, 4.69) is 61.6 Å². The molecule has 0 atom stereocenters. The van der Waals surface area contributed by atoms with E-state index in [1.807, 2.05) is 7.05 Å². The monoisotopic (exact) mass is 265 g/mol. The molecule has 1 N–H and O–H groups in total. The Morgan fingerprint density at radius 1 is 1.00 bits per heavy atom. The number of ether oxygens (including phenoxy) is 1. The molecule has 0 amide bonds. The number of nitrogens with one attached hydrogen (secondary N) is 1. The van der Waals surface area contributed by atoms with E-state index in [-0.39, 0.29) is 0 Å². The van der Waals surface area contributed by atoms with E-state index in [1.165, 1.54) is 27.8 Å². The van der Waals surface area contributed by atoms with Crippen LogP contribution in [0.3, 0.4) is 0 Å². The third-order valence-corrected chi connectivity index (χ3v) is 3.82. The van der Waals surface area contributed by atoms with Crippen LogP contribution in [0.2, 0.25) is 0 Å². The summed E-state index contributed by atoms with van der Waals surface area (Å²) in [5, 5.41) is 3.16. The summed E-state index contributed by atoms with van der Waals surface area (Å²) in [7, 11) is 1.94. The second-order valence-electron chi connectivity index (χ2n) is 5.22. The maximum atomic E-state index is 5.84. The first-order valence-corrected chi connectivity index (χ1v) is 6.91. The number of anilines is 1. The van der Waals surface area contributed by atoms with Crippen LogP contribution in [0.5, 0.6) is 5.75 Å². The van der Waals surface area contributed by atoms with Gasteiger partial charge in [0.2, 0.25) is 0 Å². The lowest BCUT2D eigenvalue weighted by molar-refractivity contribution is 0.346. The summed E-state index contributed by atoms with van der Waals surface area (Å²) in [5.41, 5.74) is 7.46. The Hall–Kier alpha value is -2.22. The fourth-order valence-corrected chi connectivity index (χ4v) is 2.75. The molecule has 0 saturated carbocycles. The normalized spacial score (nSPS) is 13.8. The third kappa shape index (κ3) is 2.07. The Labute approximate surface area is 120 Å². The van der Waals surface area contributed by atoms with Crippen LogP contribution in [0.4, 0.5) is 5.69 Å². The molecular formula is C18H19NO. The first-order chi connectivity index (χ1) is 9.70. The van der Waals surface area contributed by atoms with Gasteiger partial charge in [-0.2, -0.15) is 0 Å². The predicted octanol–water partition coefficient (Wildman–Crippen LogP) is 4.25. The van der Waals surface area contributed by atoms with E-state index < -0.39 is 0 Å². The molecule has 2 heteroatoms. The van der Waals surface area contributed by atoms with Crippen molar-refractivity contribution >= 4 is 11.3 Å². The van der Waals surface area contributed by atoms with E-state index in [4.69, 9.17) is 4.74 Å². The molecule has 0 radical (unpaired) electrons. The summed E-state index contributed by atoms with van der Waals surface area (Å²) < 4.78 is 5.84. The summed E-state index contributed by atoms with van der Waals surface area (Å²) in [5.74, 6) is 0.989. The topological polar surface area (TPSA) is 21.3 Å². The Balaban J connectivity index is 2.16. The number of fused-ring (bicyclic) bond motifs is 1. The minimum atomic E-state index is 0.666. The van der Waals surface area contributed by atoms with Gasteiger partial charge >= 0.3 is 0 Å². The van der Waals surface area contributed by atoms with Crippen molar-refractivity contribution in [1.82, 2.24) is 0 Å². The zero-order valence-corrected chi connectivity index (χ0v) is 12.2. The van der Waals surface area contributed by atoms with Gasteiger partial charge in [0.15, 0.2) is 0 Å². The van der Waals surface area contributed by atoms with Crippen molar-refractivity contribution in [2.75, 3.05) is 19.0 Å². The second kappa shape index (κ2) is 5.04. The van der Waals surface area contributed by atoms with Crippen molar-refractivity contribution in [3.63, 3.8) is 0 Å². The van der Waals surface area contributed by atoms with E-state index in [0.717, 1.165) is 11.4 Å². The molecule has 0 fully saturated rings. The molecule has 0 aromatic heterocycles. The summed E-state index contributed by atoms with van der Waals surface area (Å²) in [4.78, 5) is 0. The highest BCUT2D eigenvalue weighted by atomic mass is 16.5. The van der Waals surface area contributed by atoms with Gasteiger partial charge in [0, 0.05) is 18.3 Å². The molecule has 2 nitrogen and oxygen atoms in total. The number of hydrogen-bond donors (Lipinski definition) is 1. The number of hydrogen-bond acceptors (Lipinski definition) is 2. The van der Waals surface area contributed by atoms with Gasteiger partial charge < -0.3 is 10.1 Å². The maximum absolute atomic E-state index is 5.84. The van der Waals surface area contributed by atoms with Gasteiger partial charge in [-0.25, -0.2) is 0 Å². The van der Waals surface area contributed by atoms with Gasteiger partial charge in [0.1, 0.15) is 12.4 Å². The van der Waals surface area contributed by atoms with Crippen molar-refractivity contribution in [2.45, 2.75) is 13.8 Å². The van der Waals surface area contributed by atoms with Crippen LogP contribution in [0.1, 0.15) is 23.6 Å². The lowest BCUT2D eigenvalue weighted by Gasteiger charge is -2.24. The Bertz CT molecular complexity index is 668. The molecule has 1 aliphatic rings. The molecular weight excluding hydrogens is 246 g/mol. The number of rotatable bonds is 2. The highest BCUT2D eigenvalue weighted by Crippen LogP contribution is 2.39. The number of benzene rings is 2. The first kappa shape index (κ1) is 12.8. The van der Waals surface area contributed by atoms with Crippen LogP contribution in [0, 0.1) is 6.92 Å². The van der Waals surface area contributed by atoms with Crippen molar-refractivity contribution < 1.29 is 4.74 Å². The van der Waals surface area contributed by atoms with Gasteiger partial charge in [-0.3, -0.25) is 0 Å². The Kier molecular flexibility index (Phi) is 3.23. The summed E-state index contributed by atoms with van der Waals surface area (Å²) in [6.45, 7) is 4.96. The zero-order chi connectivity index (χ0) is 14.1. The third-order valence-electron chi connectivity index (χ3n) is 3.82. The highest BCUT2D eigenvalue weighted by Gasteiger charge is 2.20. The SMILES string of the molecule is CNc1ccc(C2=C(C)COc3cccc(C)c32)cc1. The highest BCUT2D eigenvalue weighted by molar-refractivity contribution is 5.87. The fourth-order valence-electron chi connectivity index (χ4n) is 2.75. The van der Waals surface area contributed by atoms with Gasteiger partial charge in [0.25, 0.3) is 0 Å². The largest absolute Gasteiger partial charge is 0.489 e.